The lowest BCUT2D eigenvalue weighted by Gasteiger charge is -1.99. The van der Waals surface area contributed by atoms with E-state index in [2.05, 4.69) is 15.5 Å². The highest BCUT2D eigenvalue weighted by Crippen LogP contribution is 2.38. The zero-order chi connectivity index (χ0) is 14.1. The van der Waals surface area contributed by atoms with Gasteiger partial charge in [-0.05, 0) is 31.0 Å². The predicted molar refractivity (Wildman–Crippen MR) is 73.0 cm³/mol. The van der Waals surface area contributed by atoms with Crippen LogP contribution >= 0.6 is 11.3 Å². The molecule has 1 aliphatic rings. The van der Waals surface area contributed by atoms with E-state index in [1.165, 1.54) is 6.07 Å². The van der Waals surface area contributed by atoms with Gasteiger partial charge in [0.2, 0.25) is 0 Å². The number of carboxylic acid groups (broad SMARTS) is 1. The topological polar surface area (TPSA) is 95.1 Å². The molecule has 1 amide bonds. The van der Waals surface area contributed by atoms with Gasteiger partial charge in [-0.2, -0.15) is 5.10 Å². The third-order valence-electron chi connectivity index (χ3n) is 3.14. The molecule has 0 saturated heterocycles. The second kappa shape index (κ2) is 5.09. The van der Waals surface area contributed by atoms with Crippen LogP contribution in [0.5, 0.6) is 0 Å². The molecule has 3 N–H and O–H groups in total. The van der Waals surface area contributed by atoms with Crippen LogP contribution in [0.4, 0.5) is 0 Å². The first-order valence-electron chi connectivity index (χ1n) is 6.29. The lowest BCUT2D eigenvalue weighted by atomic mass is 10.2. The molecule has 0 atom stereocenters. The second-order valence-electron chi connectivity index (χ2n) is 4.74. The minimum atomic E-state index is -0.950. The molecule has 7 heteroatoms. The monoisotopic (exact) mass is 291 g/mol. The Morgan fingerprint density at radius 3 is 2.90 bits per heavy atom. The number of aromatic amines is 1. The van der Waals surface area contributed by atoms with E-state index in [4.69, 9.17) is 5.11 Å². The van der Waals surface area contributed by atoms with Crippen molar-refractivity contribution >= 4 is 23.2 Å². The minimum Gasteiger partial charge on any atom is -0.477 e. The Morgan fingerprint density at radius 1 is 1.45 bits per heavy atom. The van der Waals surface area contributed by atoms with Gasteiger partial charge in [0.25, 0.3) is 5.91 Å². The smallest absolute Gasteiger partial charge is 0.345 e. The Labute approximate surface area is 118 Å². The van der Waals surface area contributed by atoms with E-state index < -0.39 is 5.97 Å². The average Bonchev–Trinajstić information content (AvgIpc) is 2.98. The maximum absolute atomic E-state index is 11.9. The van der Waals surface area contributed by atoms with Crippen LogP contribution in [-0.2, 0) is 6.54 Å². The Morgan fingerprint density at radius 2 is 2.25 bits per heavy atom. The van der Waals surface area contributed by atoms with Crippen LogP contribution in [0.1, 0.15) is 49.5 Å². The zero-order valence-electron chi connectivity index (χ0n) is 10.5. The van der Waals surface area contributed by atoms with E-state index >= 15 is 0 Å². The number of nitrogens with one attached hydrogen (secondary N) is 2. The van der Waals surface area contributed by atoms with Crippen LogP contribution in [0.2, 0.25) is 0 Å². The quantitative estimate of drug-likeness (QED) is 0.785. The maximum Gasteiger partial charge on any atom is 0.345 e. The number of hydrogen-bond acceptors (Lipinski definition) is 4. The SMILES string of the molecule is O=C(NCc1ccc(C(=O)O)s1)c1cc(C2CC2)[nH]n1. The highest BCUT2D eigenvalue weighted by molar-refractivity contribution is 7.13. The van der Waals surface area contributed by atoms with Crippen LogP contribution < -0.4 is 5.32 Å². The van der Waals surface area contributed by atoms with Gasteiger partial charge in [0, 0.05) is 16.5 Å². The molecule has 2 aromatic rings. The molecule has 20 heavy (non-hydrogen) atoms. The van der Waals surface area contributed by atoms with Gasteiger partial charge in [-0.25, -0.2) is 4.79 Å². The van der Waals surface area contributed by atoms with Gasteiger partial charge in [-0.1, -0.05) is 0 Å². The van der Waals surface area contributed by atoms with E-state index in [-0.39, 0.29) is 10.8 Å². The molecule has 2 heterocycles. The Bertz CT molecular complexity index is 657. The molecular weight excluding hydrogens is 278 g/mol. The van der Waals surface area contributed by atoms with Crippen LogP contribution in [-0.4, -0.2) is 27.2 Å². The molecule has 0 aliphatic heterocycles. The van der Waals surface area contributed by atoms with Gasteiger partial charge in [0.1, 0.15) is 10.6 Å². The minimum absolute atomic E-state index is 0.251. The van der Waals surface area contributed by atoms with Crippen molar-refractivity contribution < 1.29 is 14.7 Å². The number of aromatic nitrogens is 2. The number of carboxylic acids is 1. The molecule has 0 bridgehead atoms. The summed E-state index contributed by atoms with van der Waals surface area (Å²) in [5, 5.41) is 18.4. The molecule has 0 spiro atoms. The number of hydrogen-bond donors (Lipinski definition) is 3. The van der Waals surface area contributed by atoms with Crippen LogP contribution in [0.3, 0.4) is 0 Å². The maximum atomic E-state index is 11.9. The Kier molecular flexibility index (Phi) is 3.27. The molecule has 0 radical (unpaired) electrons. The van der Waals surface area contributed by atoms with Crippen LogP contribution in [0.15, 0.2) is 18.2 Å². The summed E-state index contributed by atoms with van der Waals surface area (Å²) >= 11 is 1.16. The van der Waals surface area contributed by atoms with Crippen molar-refractivity contribution in [3.63, 3.8) is 0 Å². The van der Waals surface area contributed by atoms with Crippen LogP contribution in [0, 0.1) is 0 Å². The van der Waals surface area contributed by atoms with Crippen LogP contribution in [0.25, 0.3) is 0 Å². The summed E-state index contributed by atoms with van der Waals surface area (Å²) in [6.07, 6.45) is 2.30. The van der Waals surface area contributed by atoms with E-state index in [0.29, 0.717) is 18.2 Å². The van der Waals surface area contributed by atoms with E-state index in [9.17, 15) is 9.59 Å². The summed E-state index contributed by atoms with van der Waals surface area (Å²) in [6.45, 7) is 0.308. The van der Waals surface area contributed by atoms with Crippen molar-refractivity contribution in [2.45, 2.75) is 25.3 Å². The van der Waals surface area contributed by atoms with Crippen molar-refractivity contribution in [1.82, 2.24) is 15.5 Å². The lowest BCUT2D eigenvalue weighted by Crippen LogP contribution is -2.22. The van der Waals surface area contributed by atoms with Gasteiger partial charge < -0.3 is 10.4 Å². The van der Waals surface area contributed by atoms with Crippen molar-refractivity contribution in [3.8, 4) is 0 Å². The summed E-state index contributed by atoms with van der Waals surface area (Å²) in [5.74, 6) is -0.674. The Hall–Kier alpha value is -2.15. The number of carbonyl (C=O) groups is 2. The standard InChI is InChI=1S/C13H13N3O3S/c17-12(10-5-9(15-16-10)7-1-2-7)14-6-8-3-4-11(20-8)13(18)19/h3-5,7H,1-2,6H2,(H,14,17)(H,15,16)(H,18,19). The van der Waals surface area contributed by atoms with Gasteiger partial charge >= 0.3 is 5.97 Å². The third-order valence-corrected chi connectivity index (χ3v) is 4.22. The van der Waals surface area contributed by atoms with Gasteiger partial charge in [0.15, 0.2) is 0 Å². The van der Waals surface area contributed by atoms with Gasteiger partial charge in [-0.3, -0.25) is 9.89 Å². The van der Waals surface area contributed by atoms with Crippen molar-refractivity contribution in [2.24, 2.45) is 0 Å². The molecule has 2 aromatic heterocycles. The molecule has 104 valence electrons. The second-order valence-corrected chi connectivity index (χ2v) is 5.90. The molecule has 6 nitrogen and oxygen atoms in total. The van der Waals surface area contributed by atoms with E-state index in [0.717, 1.165) is 34.7 Å². The van der Waals surface area contributed by atoms with E-state index in [1.54, 1.807) is 12.1 Å². The van der Waals surface area contributed by atoms with Crippen molar-refractivity contribution in [3.05, 3.63) is 39.3 Å². The normalized spacial score (nSPS) is 14.2. The van der Waals surface area contributed by atoms with Gasteiger partial charge in [0.05, 0.1) is 6.54 Å². The van der Waals surface area contributed by atoms with Crippen molar-refractivity contribution in [2.75, 3.05) is 0 Å². The third kappa shape index (κ3) is 2.72. The average molecular weight is 291 g/mol. The lowest BCUT2D eigenvalue weighted by molar-refractivity contribution is 0.0702. The Balaban J connectivity index is 1.58. The molecule has 1 aliphatic carbocycles. The fraction of sp³-hybridized carbons (Fsp3) is 0.308. The highest BCUT2D eigenvalue weighted by Gasteiger charge is 2.26. The largest absolute Gasteiger partial charge is 0.477 e. The summed E-state index contributed by atoms with van der Waals surface area (Å²) < 4.78 is 0. The summed E-state index contributed by atoms with van der Waals surface area (Å²) in [6, 6.07) is 5.02. The number of amides is 1. The molecule has 0 unspecified atom stereocenters. The first kappa shape index (κ1) is 12.9. The summed E-state index contributed by atoms with van der Waals surface area (Å²) in [5.41, 5.74) is 1.39. The number of carbonyl (C=O) groups excluding carboxylic acids is 1. The molecule has 0 aromatic carbocycles. The highest BCUT2D eigenvalue weighted by atomic mass is 32.1. The zero-order valence-corrected chi connectivity index (χ0v) is 11.4. The molecule has 1 saturated carbocycles. The van der Waals surface area contributed by atoms with Gasteiger partial charge in [-0.15, -0.1) is 11.3 Å². The predicted octanol–water partition coefficient (Wildman–Crippen LogP) is 1.98. The first-order valence-corrected chi connectivity index (χ1v) is 7.10. The number of aromatic carboxylic acids is 1. The van der Waals surface area contributed by atoms with E-state index in [1.807, 2.05) is 0 Å². The summed E-state index contributed by atoms with van der Waals surface area (Å²) in [7, 11) is 0. The number of thiophene rings is 1. The fourth-order valence-corrected chi connectivity index (χ4v) is 2.69. The summed E-state index contributed by atoms with van der Waals surface area (Å²) in [4.78, 5) is 23.7. The molecule has 1 fully saturated rings. The number of rotatable bonds is 5. The van der Waals surface area contributed by atoms with Crippen molar-refractivity contribution in [1.29, 1.82) is 0 Å². The molecular formula is C13H13N3O3S. The number of H-pyrrole nitrogens is 1. The molecule has 3 rings (SSSR count). The first-order chi connectivity index (χ1) is 9.63. The fourth-order valence-electron chi connectivity index (χ4n) is 1.90. The number of nitrogens with zero attached hydrogens (tertiary/aromatic N) is 1.